The lowest BCUT2D eigenvalue weighted by atomic mass is 10.1. The first-order valence-corrected chi connectivity index (χ1v) is 5.86. The maximum Gasteiger partial charge on any atom is 0.315 e. The van der Waals surface area contributed by atoms with Gasteiger partial charge in [-0.2, -0.15) is 0 Å². The highest BCUT2D eigenvalue weighted by Gasteiger charge is 2.01. The normalized spacial score (nSPS) is 9.94. The number of carbonyl (C=O) groups excluding carboxylic acids is 1. The van der Waals surface area contributed by atoms with Crippen LogP contribution in [-0.2, 0) is 8.98 Å². The fraction of sp³-hybridized carbons (Fsp3) is 0.0769. The molecule has 0 aliphatic carbocycles. The molecule has 0 aliphatic rings. The van der Waals surface area contributed by atoms with Gasteiger partial charge in [0.15, 0.2) is 0 Å². The fourth-order valence-electron chi connectivity index (χ4n) is 1.32. The molecule has 0 unspecified atom stereocenters. The Morgan fingerprint density at radius 3 is 2.53 bits per heavy atom. The molecule has 0 saturated heterocycles. The highest BCUT2D eigenvalue weighted by Crippen LogP contribution is 2.23. The summed E-state index contributed by atoms with van der Waals surface area (Å²) in [5, 5.41) is 0. The molecule has 17 heavy (non-hydrogen) atoms. The Hall–Kier alpha value is -1.81. The van der Waals surface area contributed by atoms with Crippen molar-refractivity contribution in [3.8, 4) is 11.3 Å². The van der Waals surface area contributed by atoms with Crippen LogP contribution in [0, 0.1) is 0 Å². The van der Waals surface area contributed by atoms with Gasteiger partial charge in [0.1, 0.15) is 0 Å². The number of aromatic nitrogens is 1. The number of hydrogen-bond acceptors (Lipinski definition) is 4. The summed E-state index contributed by atoms with van der Waals surface area (Å²) in [5.41, 5.74) is 1.97. The Morgan fingerprint density at radius 2 is 1.94 bits per heavy atom. The summed E-state index contributed by atoms with van der Waals surface area (Å²) in [5.74, 6) is -0.302. The van der Waals surface area contributed by atoms with Crippen LogP contribution in [0.2, 0.25) is 0 Å². The van der Waals surface area contributed by atoms with Crippen molar-refractivity contribution in [2.75, 3.05) is 0 Å². The van der Waals surface area contributed by atoms with Gasteiger partial charge in [0.05, 0.1) is 17.7 Å². The molecular formula is C13H11NO2S. The van der Waals surface area contributed by atoms with Crippen LogP contribution in [-0.4, -0.2) is 11.0 Å². The topological polar surface area (TPSA) is 39.2 Å². The predicted octanol–water partition coefficient (Wildman–Crippen LogP) is 3.32. The molecule has 1 heterocycles. The van der Waals surface area contributed by atoms with Crippen LogP contribution >= 0.6 is 12.0 Å². The minimum absolute atomic E-state index is 0.302. The molecular weight excluding hydrogens is 234 g/mol. The van der Waals surface area contributed by atoms with Crippen molar-refractivity contribution in [2.45, 2.75) is 11.8 Å². The van der Waals surface area contributed by atoms with Crippen molar-refractivity contribution in [3.05, 3.63) is 48.7 Å². The smallest absolute Gasteiger partial charge is 0.315 e. The number of pyridine rings is 1. The predicted molar refractivity (Wildman–Crippen MR) is 67.3 cm³/mol. The number of rotatable bonds is 3. The van der Waals surface area contributed by atoms with Crippen LogP contribution in [0.15, 0.2) is 53.6 Å². The molecule has 86 valence electrons. The van der Waals surface area contributed by atoms with Crippen molar-refractivity contribution < 1.29 is 8.98 Å². The second-order valence-corrected chi connectivity index (χ2v) is 4.20. The summed E-state index contributed by atoms with van der Waals surface area (Å²) in [7, 11) is 0. The first-order chi connectivity index (χ1) is 8.25. The van der Waals surface area contributed by atoms with Crippen molar-refractivity contribution >= 4 is 18.0 Å². The van der Waals surface area contributed by atoms with Crippen LogP contribution in [0.25, 0.3) is 11.3 Å². The van der Waals surface area contributed by atoms with Crippen molar-refractivity contribution in [1.82, 2.24) is 4.98 Å². The van der Waals surface area contributed by atoms with E-state index < -0.39 is 0 Å². The molecule has 1 aromatic heterocycles. The maximum absolute atomic E-state index is 10.7. The Bertz CT molecular complexity index is 497. The van der Waals surface area contributed by atoms with E-state index in [4.69, 9.17) is 4.18 Å². The van der Waals surface area contributed by atoms with E-state index >= 15 is 0 Å². The molecule has 0 bridgehead atoms. The quantitative estimate of drug-likeness (QED) is 0.778. The van der Waals surface area contributed by atoms with Crippen molar-refractivity contribution in [3.63, 3.8) is 0 Å². The van der Waals surface area contributed by atoms with Crippen LogP contribution in [0.1, 0.15) is 6.92 Å². The molecule has 2 aromatic rings. The molecule has 3 nitrogen and oxygen atoms in total. The molecule has 0 saturated carbocycles. The van der Waals surface area contributed by atoms with Gasteiger partial charge < -0.3 is 4.18 Å². The summed E-state index contributed by atoms with van der Waals surface area (Å²) in [6, 6.07) is 13.5. The number of nitrogens with zero attached hydrogens (tertiary/aromatic N) is 1. The molecule has 1 aromatic carbocycles. The van der Waals surface area contributed by atoms with E-state index in [1.54, 1.807) is 6.20 Å². The lowest BCUT2D eigenvalue weighted by Gasteiger charge is -2.02. The number of hydrogen-bond donors (Lipinski definition) is 0. The van der Waals surface area contributed by atoms with Crippen LogP contribution in [0.4, 0.5) is 0 Å². The standard InChI is InChI=1S/C13H11NO2S/c1-10(15)16-17-12-7-5-11(6-8-12)13-4-2-3-9-14-13/h2-9H,1H3. The third-order valence-electron chi connectivity index (χ3n) is 2.07. The minimum atomic E-state index is -0.302. The second kappa shape index (κ2) is 5.50. The van der Waals surface area contributed by atoms with E-state index in [0.29, 0.717) is 0 Å². The largest absolute Gasteiger partial charge is 0.386 e. The molecule has 0 aliphatic heterocycles. The second-order valence-electron chi connectivity index (χ2n) is 3.40. The first-order valence-electron chi connectivity index (χ1n) is 5.12. The first kappa shape index (κ1) is 11.7. The fourth-order valence-corrected chi connectivity index (χ4v) is 1.78. The molecule has 0 spiro atoms. The van der Waals surface area contributed by atoms with E-state index in [9.17, 15) is 4.79 Å². The monoisotopic (exact) mass is 245 g/mol. The molecule has 0 radical (unpaired) electrons. The Balaban J connectivity index is 2.11. The maximum atomic E-state index is 10.7. The van der Waals surface area contributed by atoms with Gasteiger partial charge in [-0.25, -0.2) is 0 Å². The minimum Gasteiger partial charge on any atom is -0.386 e. The van der Waals surface area contributed by atoms with Crippen molar-refractivity contribution in [2.24, 2.45) is 0 Å². The van der Waals surface area contributed by atoms with E-state index in [1.165, 1.54) is 6.92 Å². The van der Waals surface area contributed by atoms with Crippen LogP contribution < -0.4 is 0 Å². The van der Waals surface area contributed by atoms with Gasteiger partial charge in [0.2, 0.25) is 0 Å². The average Bonchev–Trinajstić information content (AvgIpc) is 2.38. The van der Waals surface area contributed by atoms with Gasteiger partial charge in [-0.15, -0.1) is 0 Å². The lowest BCUT2D eigenvalue weighted by Crippen LogP contribution is -1.89. The zero-order chi connectivity index (χ0) is 12.1. The molecule has 4 heteroatoms. The van der Waals surface area contributed by atoms with E-state index in [2.05, 4.69) is 4.98 Å². The number of carbonyl (C=O) groups is 1. The highest BCUT2D eigenvalue weighted by molar-refractivity contribution is 7.95. The Labute approximate surface area is 104 Å². The SMILES string of the molecule is CC(=O)OSc1ccc(-c2ccccn2)cc1. The van der Waals surface area contributed by atoms with Gasteiger partial charge in [-0.05, 0) is 24.3 Å². The van der Waals surface area contributed by atoms with E-state index in [1.807, 2.05) is 42.5 Å². The Morgan fingerprint density at radius 1 is 1.18 bits per heavy atom. The van der Waals surface area contributed by atoms with Gasteiger partial charge in [0, 0.05) is 23.6 Å². The van der Waals surface area contributed by atoms with Gasteiger partial charge in [0.25, 0.3) is 0 Å². The molecule has 0 N–H and O–H groups in total. The zero-order valence-corrected chi connectivity index (χ0v) is 10.1. The average molecular weight is 245 g/mol. The van der Waals surface area contributed by atoms with Gasteiger partial charge >= 0.3 is 5.97 Å². The van der Waals surface area contributed by atoms with Crippen molar-refractivity contribution in [1.29, 1.82) is 0 Å². The summed E-state index contributed by atoms with van der Waals surface area (Å²) in [6.07, 6.45) is 1.76. The summed E-state index contributed by atoms with van der Waals surface area (Å²) in [4.78, 5) is 15.8. The van der Waals surface area contributed by atoms with Crippen LogP contribution in [0.5, 0.6) is 0 Å². The van der Waals surface area contributed by atoms with E-state index in [-0.39, 0.29) is 5.97 Å². The molecule has 2 rings (SSSR count). The molecule has 0 amide bonds. The van der Waals surface area contributed by atoms with E-state index in [0.717, 1.165) is 28.2 Å². The third-order valence-corrected chi connectivity index (χ3v) is 2.85. The number of benzene rings is 1. The lowest BCUT2D eigenvalue weighted by molar-refractivity contribution is -0.130. The molecule has 0 fully saturated rings. The summed E-state index contributed by atoms with van der Waals surface area (Å²) < 4.78 is 4.84. The van der Waals surface area contributed by atoms with Gasteiger partial charge in [-0.3, -0.25) is 9.78 Å². The highest BCUT2D eigenvalue weighted by atomic mass is 32.2. The van der Waals surface area contributed by atoms with Gasteiger partial charge in [-0.1, -0.05) is 18.2 Å². The Kier molecular flexibility index (Phi) is 3.77. The summed E-state index contributed by atoms with van der Waals surface area (Å²) >= 11 is 1.06. The zero-order valence-electron chi connectivity index (χ0n) is 9.29. The molecule has 0 atom stereocenters. The van der Waals surface area contributed by atoms with Crippen LogP contribution in [0.3, 0.4) is 0 Å². The third kappa shape index (κ3) is 3.32. The summed E-state index contributed by atoms with van der Waals surface area (Å²) in [6.45, 7) is 1.38.